The van der Waals surface area contributed by atoms with Crippen LogP contribution in [-0.2, 0) is 0 Å². The first-order valence-corrected chi connectivity index (χ1v) is 11.7. The summed E-state index contributed by atoms with van der Waals surface area (Å²) in [6.45, 7) is 9.74. The molecule has 0 aliphatic heterocycles. The van der Waals surface area contributed by atoms with E-state index in [-0.39, 0.29) is 0 Å². The van der Waals surface area contributed by atoms with Crippen LogP contribution in [-0.4, -0.2) is 24.6 Å². The zero-order chi connectivity index (χ0) is 21.4. The minimum Gasteiger partial charge on any atom is -0.494 e. The number of benzene rings is 2. The summed E-state index contributed by atoms with van der Waals surface area (Å²) in [4.78, 5) is 2.46. The lowest BCUT2D eigenvalue weighted by Gasteiger charge is -2.19. The molecular formula is C28H39NO. The van der Waals surface area contributed by atoms with Gasteiger partial charge in [-0.1, -0.05) is 88.6 Å². The van der Waals surface area contributed by atoms with Crippen LogP contribution >= 0.6 is 0 Å². The van der Waals surface area contributed by atoms with Crippen LogP contribution in [0.5, 0.6) is 5.75 Å². The molecule has 0 aromatic heterocycles. The van der Waals surface area contributed by atoms with E-state index < -0.39 is 0 Å². The topological polar surface area (TPSA) is 12.5 Å². The minimum absolute atomic E-state index is 0.783. The number of rotatable bonds is 14. The summed E-state index contributed by atoms with van der Waals surface area (Å²) >= 11 is 0. The fourth-order valence-electron chi connectivity index (χ4n) is 3.29. The summed E-state index contributed by atoms with van der Waals surface area (Å²) in [5.74, 6) is 0.945. The summed E-state index contributed by atoms with van der Waals surface area (Å²) in [6, 6.07) is 19.1. The molecule has 162 valence electrons. The zero-order valence-corrected chi connectivity index (χ0v) is 19.1. The van der Waals surface area contributed by atoms with Gasteiger partial charge in [0.1, 0.15) is 5.75 Å². The van der Waals surface area contributed by atoms with Gasteiger partial charge in [0.2, 0.25) is 0 Å². The maximum atomic E-state index is 5.83. The standard InChI is InChI=1S/C28H39NO/c1-4-7-21-29(22-8-5-2)23-13-16-28(25-14-11-10-12-15-25)26-17-19-27(20-18-26)30-24-9-6-3/h10-20,23H,4-9,21-22,24H2,1-3H3. The van der Waals surface area contributed by atoms with Gasteiger partial charge in [-0.05, 0) is 60.4 Å². The second-order valence-electron chi connectivity index (χ2n) is 7.76. The molecular weight excluding hydrogens is 366 g/mol. The van der Waals surface area contributed by atoms with Gasteiger partial charge in [-0.15, -0.1) is 0 Å². The highest BCUT2D eigenvalue weighted by molar-refractivity contribution is 5.80. The third-order valence-electron chi connectivity index (χ3n) is 5.17. The Bertz CT molecular complexity index is 738. The molecule has 2 nitrogen and oxygen atoms in total. The van der Waals surface area contributed by atoms with Crippen LogP contribution in [0.1, 0.15) is 70.4 Å². The van der Waals surface area contributed by atoms with Gasteiger partial charge < -0.3 is 9.64 Å². The van der Waals surface area contributed by atoms with E-state index in [1.54, 1.807) is 0 Å². The quantitative estimate of drug-likeness (QED) is 0.236. The lowest BCUT2D eigenvalue weighted by Crippen LogP contribution is -2.19. The molecule has 0 fully saturated rings. The molecule has 0 unspecified atom stereocenters. The van der Waals surface area contributed by atoms with E-state index in [1.165, 1.54) is 42.4 Å². The van der Waals surface area contributed by atoms with Gasteiger partial charge in [-0.3, -0.25) is 0 Å². The SMILES string of the molecule is CCCCOc1ccc(C(=CC=CN(CCCC)CCCC)c2ccccc2)cc1. The van der Waals surface area contributed by atoms with E-state index >= 15 is 0 Å². The van der Waals surface area contributed by atoms with Crippen LogP contribution in [0, 0.1) is 0 Å². The third kappa shape index (κ3) is 8.49. The number of unbranched alkanes of at least 4 members (excludes halogenated alkanes) is 3. The summed E-state index contributed by atoms with van der Waals surface area (Å²) in [5, 5.41) is 0. The monoisotopic (exact) mass is 405 g/mol. The molecule has 2 heteroatoms. The van der Waals surface area contributed by atoms with Crippen molar-refractivity contribution in [2.24, 2.45) is 0 Å². The van der Waals surface area contributed by atoms with Crippen molar-refractivity contribution >= 4 is 5.57 Å². The number of hydrogen-bond donors (Lipinski definition) is 0. The molecule has 0 aliphatic carbocycles. The van der Waals surface area contributed by atoms with Crippen molar-refractivity contribution in [1.82, 2.24) is 4.90 Å². The Morgan fingerprint density at radius 2 is 1.37 bits per heavy atom. The Kier molecular flexibility index (Phi) is 11.5. The molecule has 2 rings (SSSR count). The van der Waals surface area contributed by atoms with E-state index in [2.05, 4.69) is 98.6 Å². The molecule has 0 bridgehead atoms. The average molecular weight is 406 g/mol. The Labute approximate surface area is 184 Å². The molecule has 2 aromatic carbocycles. The van der Waals surface area contributed by atoms with Crippen LogP contribution in [0.3, 0.4) is 0 Å². The normalized spacial score (nSPS) is 11.8. The van der Waals surface area contributed by atoms with E-state index in [1.807, 2.05) is 0 Å². The molecule has 0 heterocycles. The van der Waals surface area contributed by atoms with Crippen LogP contribution in [0.4, 0.5) is 0 Å². The first-order valence-electron chi connectivity index (χ1n) is 11.7. The van der Waals surface area contributed by atoms with Crippen molar-refractivity contribution in [3.05, 3.63) is 84.1 Å². The molecule has 0 spiro atoms. The van der Waals surface area contributed by atoms with Gasteiger partial charge in [0, 0.05) is 13.1 Å². The first-order chi connectivity index (χ1) is 14.8. The number of hydrogen-bond acceptors (Lipinski definition) is 2. The van der Waals surface area contributed by atoms with Crippen molar-refractivity contribution in [2.75, 3.05) is 19.7 Å². The predicted molar refractivity (Wildman–Crippen MR) is 131 cm³/mol. The lowest BCUT2D eigenvalue weighted by molar-refractivity contribution is 0.309. The summed E-state index contributed by atoms with van der Waals surface area (Å²) < 4.78 is 5.83. The van der Waals surface area contributed by atoms with Gasteiger partial charge in [-0.25, -0.2) is 0 Å². The van der Waals surface area contributed by atoms with Gasteiger partial charge >= 0.3 is 0 Å². The maximum Gasteiger partial charge on any atom is 0.119 e. The number of nitrogens with zero attached hydrogens (tertiary/aromatic N) is 1. The Morgan fingerprint density at radius 1 is 0.767 bits per heavy atom. The zero-order valence-electron chi connectivity index (χ0n) is 19.1. The predicted octanol–water partition coefficient (Wildman–Crippen LogP) is 7.71. The van der Waals surface area contributed by atoms with Crippen LogP contribution in [0.15, 0.2) is 72.9 Å². The minimum atomic E-state index is 0.783. The highest BCUT2D eigenvalue weighted by Gasteiger charge is 2.05. The lowest BCUT2D eigenvalue weighted by atomic mass is 9.97. The Morgan fingerprint density at radius 3 is 1.97 bits per heavy atom. The van der Waals surface area contributed by atoms with Crippen LogP contribution in [0.2, 0.25) is 0 Å². The van der Waals surface area contributed by atoms with Crippen molar-refractivity contribution in [3.8, 4) is 5.75 Å². The van der Waals surface area contributed by atoms with Gasteiger partial charge in [0.05, 0.1) is 6.61 Å². The van der Waals surface area contributed by atoms with Crippen molar-refractivity contribution in [3.63, 3.8) is 0 Å². The molecule has 0 saturated carbocycles. The largest absolute Gasteiger partial charge is 0.494 e. The molecule has 0 aliphatic rings. The van der Waals surface area contributed by atoms with E-state index in [4.69, 9.17) is 4.74 Å². The molecule has 0 atom stereocenters. The van der Waals surface area contributed by atoms with Crippen LogP contribution in [0.25, 0.3) is 5.57 Å². The first kappa shape index (κ1) is 23.8. The molecule has 2 aromatic rings. The van der Waals surface area contributed by atoms with Crippen LogP contribution < -0.4 is 4.74 Å². The highest BCUT2D eigenvalue weighted by atomic mass is 16.5. The molecule has 0 amide bonds. The molecule has 0 radical (unpaired) electrons. The second-order valence-corrected chi connectivity index (χ2v) is 7.76. The second kappa shape index (κ2) is 14.5. The van der Waals surface area contributed by atoms with Crippen molar-refractivity contribution in [2.45, 2.75) is 59.3 Å². The van der Waals surface area contributed by atoms with E-state index in [0.717, 1.165) is 38.3 Å². The number of allylic oxidation sites excluding steroid dienone is 2. The fourth-order valence-corrected chi connectivity index (χ4v) is 3.29. The molecule has 30 heavy (non-hydrogen) atoms. The average Bonchev–Trinajstić information content (AvgIpc) is 2.79. The Hall–Kier alpha value is -2.48. The smallest absolute Gasteiger partial charge is 0.119 e. The highest BCUT2D eigenvalue weighted by Crippen LogP contribution is 2.25. The Balaban J connectivity index is 2.20. The van der Waals surface area contributed by atoms with E-state index in [9.17, 15) is 0 Å². The fraction of sp³-hybridized carbons (Fsp3) is 0.429. The number of ether oxygens (including phenoxy) is 1. The van der Waals surface area contributed by atoms with Gasteiger partial charge in [0.25, 0.3) is 0 Å². The summed E-state index contributed by atoms with van der Waals surface area (Å²) in [7, 11) is 0. The summed E-state index contributed by atoms with van der Waals surface area (Å²) in [6.07, 6.45) is 13.9. The van der Waals surface area contributed by atoms with Crippen molar-refractivity contribution in [1.29, 1.82) is 0 Å². The van der Waals surface area contributed by atoms with E-state index in [0.29, 0.717) is 0 Å². The van der Waals surface area contributed by atoms with Gasteiger partial charge in [0.15, 0.2) is 0 Å². The maximum absolute atomic E-state index is 5.83. The molecule has 0 saturated heterocycles. The third-order valence-corrected chi connectivity index (χ3v) is 5.17. The van der Waals surface area contributed by atoms with Gasteiger partial charge in [-0.2, -0.15) is 0 Å². The summed E-state index contributed by atoms with van der Waals surface area (Å²) in [5.41, 5.74) is 3.68. The van der Waals surface area contributed by atoms with Crippen molar-refractivity contribution < 1.29 is 4.74 Å². The molecule has 0 N–H and O–H groups in total.